The van der Waals surface area contributed by atoms with Crippen LogP contribution in [-0.4, -0.2) is 37.7 Å². The largest absolute Gasteiger partial charge is 0.494 e. The molecular formula is C22H28N2O3. The smallest absolute Gasteiger partial charge is 0.257 e. The Morgan fingerprint density at radius 3 is 2.56 bits per heavy atom. The topological polar surface area (TPSA) is 50.8 Å². The molecule has 0 spiro atoms. The normalized spacial score (nSPS) is 16.0. The summed E-state index contributed by atoms with van der Waals surface area (Å²) in [7, 11) is 1.65. The number of nitrogens with one attached hydrogen (secondary N) is 1. The highest BCUT2D eigenvalue weighted by molar-refractivity contribution is 6.01. The maximum absolute atomic E-state index is 13.0. The monoisotopic (exact) mass is 368 g/mol. The van der Waals surface area contributed by atoms with E-state index in [9.17, 15) is 4.79 Å². The third-order valence-corrected chi connectivity index (χ3v) is 4.77. The zero-order chi connectivity index (χ0) is 19.1. The number of carbonyl (C=O) groups excluding carboxylic acids is 1. The molecule has 0 aromatic heterocycles. The molecule has 5 nitrogen and oxygen atoms in total. The first kappa shape index (κ1) is 19.2. The van der Waals surface area contributed by atoms with Gasteiger partial charge in [0.1, 0.15) is 11.9 Å². The van der Waals surface area contributed by atoms with Crippen molar-refractivity contribution in [1.29, 1.82) is 0 Å². The Morgan fingerprint density at radius 1 is 1.04 bits per heavy atom. The van der Waals surface area contributed by atoms with Crippen molar-refractivity contribution in [1.82, 2.24) is 4.90 Å². The predicted molar refractivity (Wildman–Crippen MR) is 107 cm³/mol. The number of para-hydroxylation sites is 1. The van der Waals surface area contributed by atoms with Crippen molar-refractivity contribution >= 4 is 11.6 Å². The second-order valence-corrected chi connectivity index (χ2v) is 6.71. The highest BCUT2D eigenvalue weighted by Gasteiger charge is 2.32. The Bertz CT molecular complexity index is 745. The number of hydrogen-bond acceptors (Lipinski definition) is 4. The number of hydrogen-bond donors (Lipinski definition) is 1. The number of methoxy groups -OCH3 is 1. The van der Waals surface area contributed by atoms with E-state index in [0.717, 1.165) is 30.0 Å². The fraction of sp³-hybridized carbons (Fsp3) is 0.409. The number of nitrogens with zero attached hydrogens (tertiary/aromatic N) is 1. The van der Waals surface area contributed by atoms with Crippen LogP contribution in [0.3, 0.4) is 0 Å². The molecule has 0 saturated heterocycles. The van der Waals surface area contributed by atoms with Gasteiger partial charge in [0.25, 0.3) is 5.91 Å². The van der Waals surface area contributed by atoms with Gasteiger partial charge in [-0.25, -0.2) is 0 Å². The summed E-state index contributed by atoms with van der Waals surface area (Å²) in [6.07, 6.45) is 3.21. The van der Waals surface area contributed by atoms with Crippen molar-refractivity contribution in [2.75, 3.05) is 32.2 Å². The zero-order valence-electron chi connectivity index (χ0n) is 16.1. The lowest BCUT2D eigenvalue weighted by atomic mass is 10.0. The third-order valence-electron chi connectivity index (χ3n) is 4.77. The van der Waals surface area contributed by atoms with Crippen LogP contribution >= 0.6 is 0 Å². The van der Waals surface area contributed by atoms with Gasteiger partial charge in [0.05, 0.1) is 18.8 Å². The number of carbonyl (C=O) groups is 1. The number of unbranched alkanes of at least 4 members (excludes halogenated alkanes) is 2. The van der Waals surface area contributed by atoms with E-state index in [1.807, 2.05) is 53.4 Å². The molecule has 27 heavy (non-hydrogen) atoms. The lowest BCUT2D eigenvalue weighted by Crippen LogP contribution is -2.44. The maximum Gasteiger partial charge on any atom is 0.257 e. The summed E-state index contributed by atoms with van der Waals surface area (Å²) in [4.78, 5) is 14.8. The maximum atomic E-state index is 13.0. The number of ether oxygens (including phenoxy) is 2. The van der Waals surface area contributed by atoms with Crippen LogP contribution < -0.4 is 10.1 Å². The van der Waals surface area contributed by atoms with Gasteiger partial charge in [-0.1, -0.05) is 44.0 Å². The van der Waals surface area contributed by atoms with Crippen LogP contribution in [-0.2, 0) is 4.74 Å². The van der Waals surface area contributed by atoms with Gasteiger partial charge in [0.2, 0.25) is 0 Å². The zero-order valence-corrected chi connectivity index (χ0v) is 16.1. The summed E-state index contributed by atoms with van der Waals surface area (Å²) < 4.78 is 11.0. The van der Waals surface area contributed by atoms with Crippen LogP contribution in [0.4, 0.5) is 5.69 Å². The van der Waals surface area contributed by atoms with Gasteiger partial charge in [-0.3, -0.25) is 4.79 Å². The number of anilines is 1. The third kappa shape index (κ3) is 4.61. The highest BCUT2D eigenvalue weighted by atomic mass is 16.5. The van der Waals surface area contributed by atoms with E-state index in [1.54, 1.807) is 7.11 Å². The van der Waals surface area contributed by atoms with Gasteiger partial charge in [-0.05, 0) is 36.2 Å². The molecule has 3 rings (SSSR count). The molecule has 1 atom stereocenters. The molecule has 1 amide bonds. The van der Waals surface area contributed by atoms with Gasteiger partial charge < -0.3 is 19.7 Å². The van der Waals surface area contributed by atoms with Crippen molar-refractivity contribution in [2.45, 2.75) is 32.4 Å². The van der Waals surface area contributed by atoms with E-state index in [2.05, 4.69) is 12.2 Å². The summed E-state index contributed by atoms with van der Waals surface area (Å²) >= 11 is 0. The average Bonchev–Trinajstić information content (AvgIpc) is 2.71. The van der Waals surface area contributed by atoms with Gasteiger partial charge in [0, 0.05) is 19.3 Å². The van der Waals surface area contributed by atoms with Gasteiger partial charge >= 0.3 is 0 Å². The number of benzene rings is 2. The summed E-state index contributed by atoms with van der Waals surface area (Å²) in [5, 5.41) is 3.49. The number of fused-ring (bicyclic) bond motifs is 1. The first-order valence-corrected chi connectivity index (χ1v) is 9.63. The Hall–Kier alpha value is -2.53. The van der Waals surface area contributed by atoms with E-state index in [-0.39, 0.29) is 12.1 Å². The van der Waals surface area contributed by atoms with E-state index < -0.39 is 0 Å². The molecular weight excluding hydrogens is 340 g/mol. The molecule has 0 bridgehead atoms. The molecule has 1 aliphatic rings. The molecule has 1 N–H and O–H groups in total. The summed E-state index contributed by atoms with van der Waals surface area (Å²) in [6, 6.07) is 15.6. The summed E-state index contributed by atoms with van der Waals surface area (Å²) in [5.74, 6) is 0.882. The first-order chi connectivity index (χ1) is 13.2. The first-order valence-electron chi connectivity index (χ1n) is 9.63. The van der Waals surface area contributed by atoms with Crippen LogP contribution in [0, 0.1) is 0 Å². The molecule has 1 heterocycles. The molecule has 0 fully saturated rings. The fourth-order valence-corrected chi connectivity index (χ4v) is 3.26. The molecule has 144 valence electrons. The molecule has 1 unspecified atom stereocenters. The second-order valence-electron chi connectivity index (χ2n) is 6.71. The van der Waals surface area contributed by atoms with Crippen molar-refractivity contribution in [3.05, 3.63) is 59.7 Å². The minimum absolute atomic E-state index is 0.0197. The van der Waals surface area contributed by atoms with Crippen LogP contribution in [0.5, 0.6) is 5.75 Å². The lowest BCUT2D eigenvalue weighted by Gasteiger charge is -2.38. The highest BCUT2D eigenvalue weighted by Crippen LogP contribution is 2.33. The van der Waals surface area contributed by atoms with Crippen molar-refractivity contribution in [3.8, 4) is 5.75 Å². The quantitative estimate of drug-likeness (QED) is 0.664. The van der Waals surface area contributed by atoms with Crippen LogP contribution in [0.25, 0.3) is 0 Å². The van der Waals surface area contributed by atoms with E-state index in [0.29, 0.717) is 18.7 Å². The summed E-state index contributed by atoms with van der Waals surface area (Å²) in [6.45, 7) is 3.93. The van der Waals surface area contributed by atoms with E-state index in [1.165, 1.54) is 12.8 Å². The van der Waals surface area contributed by atoms with E-state index >= 15 is 0 Å². The van der Waals surface area contributed by atoms with E-state index in [4.69, 9.17) is 9.47 Å². The molecule has 0 radical (unpaired) electrons. The van der Waals surface area contributed by atoms with Crippen molar-refractivity contribution < 1.29 is 14.3 Å². The second kappa shape index (κ2) is 9.42. The minimum atomic E-state index is -0.225. The van der Waals surface area contributed by atoms with Crippen LogP contribution in [0.1, 0.15) is 48.3 Å². The Balaban J connectivity index is 1.77. The minimum Gasteiger partial charge on any atom is -0.494 e. The molecule has 5 heteroatoms. The Morgan fingerprint density at radius 2 is 1.81 bits per heavy atom. The Labute approximate surface area is 161 Å². The van der Waals surface area contributed by atoms with Crippen LogP contribution in [0.2, 0.25) is 0 Å². The SMILES string of the molecule is CCCCCOc1ccc(C2Nc3ccccc3C(=O)N2CCOC)cc1. The van der Waals surface area contributed by atoms with Crippen molar-refractivity contribution in [3.63, 3.8) is 0 Å². The van der Waals surface area contributed by atoms with Crippen molar-refractivity contribution in [2.24, 2.45) is 0 Å². The molecule has 1 aliphatic heterocycles. The van der Waals surface area contributed by atoms with Gasteiger partial charge in [-0.2, -0.15) is 0 Å². The lowest BCUT2D eigenvalue weighted by molar-refractivity contribution is 0.0609. The number of rotatable bonds is 9. The van der Waals surface area contributed by atoms with Gasteiger partial charge in [-0.15, -0.1) is 0 Å². The molecule has 0 saturated carbocycles. The number of amides is 1. The van der Waals surface area contributed by atoms with Crippen LogP contribution in [0.15, 0.2) is 48.5 Å². The summed E-state index contributed by atoms with van der Waals surface area (Å²) in [5.41, 5.74) is 2.58. The standard InChI is InChI=1S/C22H28N2O3/c1-3-4-7-15-27-18-12-10-17(11-13-18)21-23-20-9-6-5-8-19(20)22(25)24(21)14-16-26-2/h5-6,8-13,21,23H,3-4,7,14-16H2,1-2H3. The predicted octanol–water partition coefficient (Wildman–Crippen LogP) is 4.47. The molecule has 2 aromatic carbocycles. The molecule has 2 aromatic rings. The fourth-order valence-electron chi connectivity index (χ4n) is 3.26. The molecule has 0 aliphatic carbocycles. The Kier molecular flexibility index (Phi) is 6.71. The van der Waals surface area contributed by atoms with Gasteiger partial charge in [0.15, 0.2) is 0 Å². The average molecular weight is 368 g/mol.